The molecule has 0 amide bonds. The van der Waals surface area contributed by atoms with Crippen LogP contribution in [0, 0.1) is 5.82 Å². The number of rotatable bonds is 5. The van der Waals surface area contributed by atoms with Gasteiger partial charge >= 0.3 is 0 Å². The van der Waals surface area contributed by atoms with Crippen LogP contribution in [0.4, 0.5) is 10.1 Å². The van der Waals surface area contributed by atoms with Gasteiger partial charge in [-0.3, -0.25) is 0 Å². The quantitative estimate of drug-likeness (QED) is 0.862. The minimum absolute atomic E-state index is 0.264. The van der Waals surface area contributed by atoms with Crippen molar-refractivity contribution in [1.82, 2.24) is 0 Å². The number of benzene rings is 2. The first kappa shape index (κ1) is 15.3. The Bertz CT molecular complexity index is 660. The Labute approximate surface area is 129 Å². The van der Waals surface area contributed by atoms with E-state index in [4.69, 9.17) is 22.7 Å². The Morgan fingerprint density at radius 1 is 1.29 bits per heavy atom. The number of halogens is 1. The van der Waals surface area contributed by atoms with E-state index in [0.717, 1.165) is 11.4 Å². The van der Waals surface area contributed by atoms with E-state index in [0.29, 0.717) is 17.7 Å². The molecule has 2 aromatic rings. The monoisotopic (exact) mass is 304 g/mol. The van der Waals surface area contributed by atoms with Gasteiger partial charge in [0, 0.05) is 36.5 Å². The van der Waals surface area contributed by atoms with Crippen LogP contribution in [-0.2, 0) is 6.54 Å². The summed E-state index contributed by atoms with van der Waals surface area (Å²) in [5.41, 5.74) is 7.74. The second-order valence-electron chi connectivity index (χ2n) is 4.73. The lowest BCUT2D eigenvalue weighted by atomic mass is 10.1. The lowest BCUT2D eigenvalue weighted by molar-refractivity contribution is 0.415. The predicted octanol–water partition coefficient (Wildman–Crippen LogP) is 3.10. The summed E-state index contributed by atoms with van der Waals surface area (Å²) in [7, 11) is 3.51. The molecule has 3 nitrogen and oxygen atoms in total. The molecule has 0 saturated carbocycles. The zero-order valence-corrected chi connectivity index (χ0v) is 12.8. The SMILES string of the molecule is COc1cccc(N(C)Cc2cc(C(N)=S)ccc2F)c1. The van der Waals surface area contributed by atoms with Crippen molar-refractivity contribution in [2.75, 3.05) is 19.1 Å². The van der Waals surface area contributed by atoms with Crippen LogP contribution in [0.15, 0.2) is 42.5 Å². The molecule has 2 rings (SSSR count). The number of anilines is 1. The summed E-state index contributed by atoms with van der Waals surface area (Å²) in [6.07, 6.45) is 0. The molecule has 0 aliphatic heterocycles. The van der Waals surface area contributed by atoms with Crippen molar-refractivity contribution in [3.05, 3.63) is 59.4 Å². The van der Waals surface area contributed by atoms with Crippen molar-refractivity contribution < 1.29 is 9.13 Å². The zero-order chi connectivity index (χ0) is 15.4. The number of hydrogen-bond acceptors (Lipinski definition) is 3. The maximum Gasteiger partial charge on any atom is 0.128 e. The molecule has 0 heterocycles. The fourth-order valence-corrected chi connectivity index (χ4v) is 2.17. The first-order valence-electron chi connectivity index (χ1n) is 6.44. The van der Waals surface area contributed by atoms with Crippen LogP contribution in [0.3, 0.4) is 0 Å². The van der Waals surface area contributed by atoms with Crippen LogP contribution in [0.25, 0.3) is 0 Å². The lowest BCUT2D eigenvalue weighted by Gasteiger charge is -2.20. The number of nitrogens with two attached hydrogens (primary N) is 1. The van der Waals surface area contributed by atoms with Gasteiger partial charge < -0.3 is 15.4 Å². The minimum Gasteiger partial charge on any atom is -0.497 e. The molecule has 110 valence electrons. The Balaban J connectivity index is 2.24. The highest BCUT2D eigenvalue weighted by Gasteiger charge is 2.09. The van der Waals surface area contributed by atoms with Crippen molar-refractivity contribution in [3.8, 4) is 5.75 Å². The third-order valence-corrected chi connectivity index (χ3v) is 3.47. The first-order valence-corrected chi connectivity index (χ1v) is 6.85. The van der Waals surface area contributed by atoms with Gasteiger partial charge in [-0.05, 0) is 30.3 Å². The van der Waals surface area contributed by atoms with E-state index in [1.165, 1.54) is 6.07 Å². The highest BCUT2D eigenvalue weighted by Crippen LogP contribution is 2.22. The molecule has 0 aliphatic carbocycles. The van der Waals surface area contributed by atoms with E-state index in [1.807, 2.05) is 36.2 Å². The van der Waals surface area contributed by atoms with Gasteiger partial charge in [-0.1, -0.05) is 18.3 Å². The fraction of sp³-hybridized carbons (Fsp3) is 0.188. The molecule has 0 saturated heterocycles. The van der Waals surface area contributed by atoms with Gasteiger partial charge in [0.05, 0.1) is 7.11 Å². The third kappa shape index (κ3) is 3.70. The van der Waals surface area contributed by atoms with Crippen molar-refractivity contribution >= 4 is 22.9 Å². The van der Waals surface area contributed by atoms with Crippen molar-refractivity contribution in [2.24, 2.45) is 5.73 Å². The summed E-state index contributed by atoms with van der Waals surface area (Å²) >= 11 is 4.93. The average Bonchev–Trinajstić information content (AvgIpc) is 2.49. The summed E-state index contributed by atoms with van der Waals surface area (Å²) < 4.78 is 19.1. The summed E-state index contributed by atoms with van der Waals surface area (Å²) in [4.78, 5) is 2.20. The lowest BCUT2D eigenvalue weighted by Crippen LogP contribution is -2.18. The van der Waals surface area contributed by atoms with Gasteiger partial charge in [-0.15, -0.1) is 0 Å². The molecule has 5 heteroatoms. The van der Waals surface area contributed by atoms with Gasteiger partial charge in [-0.25, -0.2) is 4.39 Å². The topological polar surface area (TPSA) is 38.5 Å². The largest absolute Gasteiger partial charge is 0.497 e. The summed E-state index contributed by atoms with van der Waals surface area (Å²) in [5.74, 6) is 0.487. The molecule has 2 N–H and O–H groups in total. The Hall–Kier alpha value is -2.14. The van der Waals surface area contributed by atoms with Gasteiger partial charge in [0.25, 0.3) is 0 Å². The van der Waals surface area contributed by atoms with Crippen molar-refractivity contribution in [3.63, 3.8) is 0 Å². The Kier molecular flexibility index (Phi) is 4.75. The van der Waals surface area contributed by atoms with Crippen LogP contribution < -0.4 is 15.4 Å². The van der Waals surface area contributed by atoms with E-state index in [1.54, 1.807) is 19.2 Å². The van der Waals surface area contributed by atoms with Gasteiger partial charge in [0.15, 0.2) is 0 Å². The van der Waals surface area contributed by atoms with Crippen LogP contribution in [-0.4, -0.2) is 19.1 Å². The number of methoxy groups -OCH3 is 1. The maximum atomic E-state index is 13.9. The molecule has 0 unspecified atom stereocenters. The highest BCUT2D eigenvalue weighted by atomic mass is 32.1. The van der Waals surface area contributed by atoms with Crippen molar-refractivity contribution in [1.29, 1.82) is 0 Å². The van der Waals surface area contributed by atoms with Gasteiger partial charge in [0.1, 0.15) is 16.6 Å². The molecule has 0 aromatic heterocycles. The average molecular weight is 304 g/mol. The van der Waals surface area contributed by atoms with Gasteiger partial charge in [-0.2, -0.15) is 0 Å². The van der Waals surface area contributed by atoms with E-state index < -0.39 is 0 Å². The van der Waals surface area contributed by atoms with Gasteiger partial charge in [0.2, 0.25) is 0 Å². The first-order chi connectivity index (χ1) is 10.0. The molecule has 0 fully saturated rings. The highest BCUT2D eigenvalue weighted by molar-refractivity contribution is 7.80. The van der Waals surface area contributed by atoms with Crippen molar-refractivity contribution in [2.45, 2.75) is 6.54 Å². The second kappa shape index (κ2) is 6.54. The molecular formula is C16H17FN2OS. The molecule has 0 bridgehead atoms. The Morgan fingerprint density at radius 2 is 2.05 bits per heavy atom. The minimum atomic E-state index is -0.273. The van der Waals surface area contributed by atoms with E-state index >= 15 is 0 Å². The molecule has 2 aromatic carbocycles. The summed E-state index contributed by atoms with van der Waals surface area (Å²) in [5, 5.41) is 0. The summed E-state index contributed by atoms with van der Waals surface area (Å²) in [6.45, 7) is 0.412. The number of nitrogens with zero attached hydrogens (tertiary/aromatic N) is 1. The molecule has 21 heavy (non-hydrogen) atoms. The molecular weight excluding hydrogens is 287 g/mol. The number of ether oxygens (including phenoxy) is 1. The zero-order valence-electron chi connectivity index (χ0n) is 12.0. The normalized spacial score (nSPS) is 10.2. The van der Waals surface area contributed by atoms with E-state index in [9.17, 15) is 4.39 Å². The van der Waals surface area contributed by atoms with Crippen LogP contribution in [0.2, 0.25) is 0 Å². The number of thiocarbonyl (C=S) groups is 1. The molecule has 0 atom stereocenters. The third-order valence-electron chi connectivity index (χ3n) is 3.23. The standard InChI is InChI=1S/C16H17FN2OS/c1-19(13-4-3-5-14(9-13)20-2)10-12-8-11(16(18)21)6-7-15(12)17/h3-9H,10H2,1-2H3,(H2,18,21). The smallest absolute Gasteiger partial charge is 0.128 e. The fourth-order valence-electron chi connectivity index (χ4n) is 2.04. The van der Waals surface area contributed by atoms with Crippen LogP contribution >= 0.6 is 12.2 Å². The maximum absolute atomic E-state index is 13.9. The summed E-state index contributed by atoms with van der Waals surface area (Å²) in [6, 6.07) is 12.3. The van der Waals surface area contributed by atoms with Crippen LogP contribution in [0.5, 0.6) is 5.75 Å². The second-order valence-corrected chi connectivity index (χ2v) is 5.17. The molecule has 0 radical (unpaired) electrons. The Morgan fingerprint density at radius 3 is 2.71 bits per heavy atom. The van der Waals surface area contributed by atoms with Crippen LogP contribution in [0.1, 0.15) is 11.1 Å². The number of hydrogen-bond donors (Lipinski definition) is 1. The molecule has 0 aliphatic rings. The predicted molar refractivity (Wildman–Crippen MR) is 87.4 cm³/mol. The van der Waals surface area contributed by atoms with E-state index in [2.05, 4.69) is 0 Å². The van der Waals surface area contributed by atoms with E-state index in [-0.39, 0.29) is 10.8 Å². The molecule has 0 spiro atoms.